The van der Waals surface area contributed by atoms with Crippen molar-refractivity contribution in [3.63, 3.8) is 0 Å². The first kappa shape index (κ1) is 18.7. The second kappa shape index (κ2) is 7.49. The maximum Gasteiger partial charge on any atom is 0.255 e. The predicted octanol–water partition coefficient (Wildman–Crippen LogP) is 6.38. The summed E-state index contributed by atoms with van der Waals surface area (Å²) >= 11 is 0. The molecule has 1 heterocycles. The van der Waals surface area contributed by atoms with Gasteiger partial charge in [-0.1, -0.05) is 59.7 Å². The zero-order chi connectivity index (χ0) is 20.7. The van der Waals surface area contributed by atoms with Crippen molar-refractivity contribution in [3.8, 4) is 0 Å². The summed E-state index contributed by atoms with van der Waals surface area (Å²) in [7, 11) is 0. The van der Waals surface area contributed by atoms with Gasteiger partial charge in [0.25, 0.3) is 5.91 Å². The maximum absolute atomic E-state index is 12.7. The van der Waals surface area contributed by atoms with E-state index in [0.717, 1.165) is 23.4 Å². The number of nitrogens with one attached hydrogen (secondary N) is 2. The van der Waals surface area contributed by atoms with Gasteiger partial charge < -0.3 is 10.6 Å². The third-order valence-electron chi connectivity index (χ3n) is 6.34. The molecule has 1 aliphatic heterocycles. The van der Waals surface area contributed by atoms with Crippen molar-refractivity contribution in [2.75, 3.05) is 10.6 Å². The number of carbonyl (C=O) groups is 1. The summed E-state index contributed by atoms with van der Waals surface area (Å²) in [5.74, 6) is 0.782. The number of allylic oxidation sites excluding steroid dienone is 2. The molecule has 3 atom stereocenters. The molecule has 0 fully saturated rings. The normalized spacial score (nSPS) is 21.5. The highest BCUT2D eigenvalue weighted by atomic mass is 16.1. The minimum Gasteiger partial charge on any atom is -0.378 e. The van der Waals surface area contributed by atoms with Gasteiger partial charge >= 0.3 is 0 Å². The lowest BCUT2D eigenvalue weighted by atomic mass is 9.77. The van der Waals surface area contributed by atoms with Gasteiger partial charge in [-0.15, -0.1) is 0 Å². The van der Waals surface area contributed by atoms with Crippen molar-refractivity contribution in [1.82, 2.24) is 0 Å². The van der Waals surface area contributed by atoms with Crippen LogP contribution in [0.2, 0.25) is 0 Å². The van der Waals surface area contributed by atoms with E-state index in [4.69, 9.17) is 0 Å². The Hall–Kier alpha value is -3.33. The van der Waals surface area contributed by atoms with Gasteiger partial charge in [-0.25, -0.2) is 0 Å². The number of fused-ring (bicyclic) bond motifs is 3. The summed E-state index contributed by atoms with van der Waals surface area (Å²) < 4.78 is 0. The molecular weight excluding hydrogens is 368 g/mol. The van der Waals surface area contributed by atoms with Crippen LogP contribution in [0.5, 0.6) is 0 Å². The van der Waals surface area contributed by atoms with Gasteiger partial charge in [-0.05, 0) is 67.6 Å². The van der Waals surface area contributed by atoms with E-state index in [9.17, 15) is 4.79 Å². The summed E-state index contributed by atoms with van der Waals surface area (Å²) in [6.07, 6.45) is 5.69. The van der Waals surface area contributed by atoms with Gasteiger partial charge in [0.1, 0.15) is 0 Å². The Morgan fingerprint density at radius 2 is 1.80 bits per heavy atom. The zero-order valence-electron chi connectivity index (χ0n) is 17.4. The van der Waals surface area contributed by atoms with E-state index in [2.05, 4.69) is 66.1 Å². The average Bonchev–Trinajstić information content (AvgIpc) is 3.24. The first-order chi connectivity index (χ1) is 14.6. The molecule has 0 spiro atoms. The second-order valence-corrected chi connectivity index (χ2v) is 8.51. The number of rotatable bonds is 3. The fourth-order valence-electron chi connectivity index (χ4n) is 4.77. The molecule has 2 aliphatic rings. The Labute approximate surface area is 177 Å². The molecule has 1 amide bonds. The maximum atomic E-state index is 12.7. The number of anilines is 2. The van der Waals surface area contributed by atoms with Crippen LogP contribution in [0.3, 0.4) is 0 Å². The molecule has 3 aromatic carbocycles. The van der Waals surface area contributed by atoms with Crippen molar-refractivity contribution in [3.05, 3.63) is 107 Å². The summed E-state index contributed by atoms with van der Waals surface area (Å²) in [4.78, 5) is 12.7. The fraction of sp³-hybridized carbons (Fsp3) is 0.222. The Morgan fingerprint density at radius 3 is 2.60 bits per heavy atom. The van der Waals surface area contributed by atoms with Crippen molar-refractivity contribution < 1.29 is 4.79 Å². The van der Waals surface area contributed by atoms with Crippen molar-refractivity contribution in [2.24, 2.45) is 5.92 Å². The smallest absolute Gasteiger partial charge is 0.255 e. The van der Waals surface area contributed by atoms with Gasteiger partial charge in [0, 0.05) is 22.9 Å². The minimum absolute atomic E-state index is 0.0709. The number of carbonyl (C=O) groups excluding carboxylic acids is 1. The first-order valence-electron chi connectivity index (χ1n) is 10.6. The lowest BCUT2D eigenvalue weighted by molar-refractivity contribution is 0.102. The summed E-state index contributed by atoms with van der Waals surface area (Å²) in [5, 5.41) is 6.84. The van der Waals surface area contributed by atoms with E-state index >= 15 is 0 Å². The number of benzene rings is 3. The first-order valence-corrected chi connectivity index (χ1v) is 10.6. The van der Waals surface area contributed by atoms with Crippen LogP contribution < -0.4 is 10.6 Å². The van der Waals surface area contributed by atoms with Gasteiger partial charge in [0.15, 0.2) is 0 Å². The molecule has 0 aromatic heterocycles. The molecule has 2 N–H and O–H groups in total. The van der Waals surface area contributed by atoms with Crippen LogP contribution in [0.25, 0.3) is 0 Å². The van der Waals surface area contributed by atoms with E-state index in [1.807, 2.05) is 37.3 Å². The summed E-state index contributed by atoms with van der Waals surface area (Å²) in [6, 6.07) is 23.1. The lowest BCUT2D eigenvalue weighted by Gasteiger charge is -2.37. The topological polar surface area (TPSA) is 41.1 Å². The standard InChI is InChI=1S/C27H26N2O/c1-17-9-11-19(12-10-17)26-23-8-4-7-22(23)24-16-21(13-14-25(24)29-26)28-27(30)20-6-3-5-18(2)15-20/h3-7,9-16,22-23,26,29H,8H2,1-2H3,(H,28,30). The van der Waals surface area contributed by atoms with Crippen molar-refractivity contribution >= 4 is 17.3 Å². The molecule has 5 rings (SSSR count). The lowest BCUT2D eigenvalue weighted by Crippen LogP contribution is -2.29. The van der Waals surface area contributed by atoms with E-state index in [-0.39, 0.29) is 5.91 Å². The highest BCUT2D eigenvalue weighted by Gasteiger charge is 2.37. The largest absolute Gasteiger partial charge is 0.378 e. The molecule has 3 unspecified atom stereocenters. The van der Waals surface area contributed by atoms with Crippen LogP contribution in [-0.2, 0) is 0 Å². The van der Waals surface area contributed by atoms with Crippen molar-refractivity contribution in [1.29, 1.82) is 0 Å². The molecule has 3 heteroatoms. The van der Waals surface area contributed by atoms with Gasteiger partial charge in [0.05, 0.1) is 6.04 Å². The van der Waals surface area contributed by atoms with Crippen molar-refractivity contribution in [2.45, 2.75) is 32.2 Å². The minimum atomic E-state index is -0.0709. The molecule has 1 aliphatic carbocycles. The average molecular weight is 395 g/mol. The van der Waals surface area contributed by atoms with E-state index in [0.29, 0.717) is 23.4 Å². The van der Waals surface area contributed by atoms with Gasteiger partial charge in [0.2, 0.25) is 0 Å². The van der Waals surface area contributed by atoms with E-state index < -0.39 is 0 Å². The van der Waals surface area contributed by atoms with E-state index in [1.54, 1.807) is 0 Å². The Bertz CT molecular complexity index is 1130. The van der Waals surface area contributed by atoms with E-state index in [1.165, 1.54) is 16.7 Å². The molecular formula is C27H26N2O. The highest BCUT2D eigenvalue weighted by Crippen LogP contribution is 2.50. The summed E-state index contributed by atoms with van der Waals surface area (Å²) in [5.41, 5.74) is 7.64. The van der Waals surface area contributed by atoms with Crippen LogP contribution in [0, 0.1) is 19.8 Å². The number of hydrogen-bond acceptors (Lipinski definition) is 2. The fourth-order valence-corrected chi connectivity index (χ4v) is 4.77. The second-order valence-electron chi connectivity index (χ2n) is 8.51. The number of aryl methyl sites for hydroxylation is 2. The quantitative estimate of drug-likeness (QED) is 0.506. The van der Waals surface area contributed by atoms with Gasteiger partial charge in [-0.2, -0.15) is 0 Å². The molecule has 3 aromatic rings. The molecule has 150 valence electrons. The van der Waals surface area contributed by atoms with Crippen LogP contribution in [0.15, 0.2) is 78.9 Å². The Morgan fingerprint density at radius 1 is 0.967 bits per heavy atom. The predicted molar refractivity (Wildman–Crippen MR) is 123 cm³/mol. The van der Waals surface area contributed by atoms with Crippen LogP contribution in [-0.4, -0.2) is 5.91 Å². The molecule has 0 saturated carbocycles. The zero-order valence-corrected chi connectivity index (χ0v) is 17.4. The molecule has 30 heavy (non-hydrogen) atoms. The molecule has 3 nitrogen and oxygen atoms in total. The molecule has 0 saturated heterocycles. The number of hydrogen-bond donors (Lipinski definition) is 2. The Kier molecular flexibility index (Phi) is 4.66. The monoisotopic (exact) mass is 394 g/mol. The summed E-state index contributed by atoms with van der Waals surface area (Å²) in [6.45, 7) is 4.12. The Balaban J connectivity index is 1.43. The molecule has 0 radical (unpaired) electrons. The van der Waals surface area contributed by atoms with Crippen LogP contribution >= 0.6 is 0 Å². The third kappa shape index (κ3) is 3.41. The SMILES string of the molecule is Cc1ccc(C2Nc3ccc(NC(=O)c4cccc(C)c4)cc3C3C=CCC32)cc1. The highest BCUT2D eigenvalue weighted by molar-refractivity contribution is 6.04. The number of amides is 1. The molecule has 0 bridgehead atoms. The van der Waals surface area contributed by atoms with Gasteiger partial charge in [-0.3, -0.25) is 4.79 Å². The van der Waals surface area contributed by atoms with Crippen LogP contribution in [0.4, 0.5) is 11.4 Å². The third-order valence-corrected chi connectivity index (χ3v) is 6.34. The van der Waals surface area contributed by atoms with Crippen LogP contribution in [0.1, 0.15) is 51.0 Å².